The SMILES string of the molecule is CCOC(=O)c1c(C)[nH]c(C(=O)[C@@H](C)OC(=O)CCc2ccc(F)cc2)c1C. The number of carbonyl (C=O) groups excluding carboxylic acids is 3. The van der Waals surface area contributed by atoms with E-state index in [-0.39, 0.29) is 24.5 Å². The maximum absolute atomic E-state index is 12.9. The molecule has 150 valence electrons. The second kappa shape index (κ2) is 9.30. The summed E-state index contributed by atoms with van der Waals surface area (Å²) < 4.78 is 23.1. The zero-order valence-electron chi connectivity index (χ0n) is 16.4. The summed E-state index contributed by atoms with van der Waals surface area (Å²) in [6.07, 6.45) is -0.555. The minimum atomic E-state index is -1.01. The second-order valence-electron chi connectivity index (χ2n) is 6.47. The van der Waals surface area contributed by atoms with Gasteiger partial charge in [0.1, 0.15) is 5.82 Å². The molecule has 0 unspecified atom stereocenters. The molecule has 0 bridgehead atoms. The topological polar surface area (TPSA) is 85.5 Å². The van der Waals surface area contributed by atoms with Crippen molar-refractivity contribution < 1.29 is 28.2 Å². The van der Waals surface area contributed by atoms with Crippen molar-refractivity contribution in [3.05, 3.63) is 58.2 Å². The van der Waals surface area contributed by atoms with E-state index in [0.717, 1.165) is 5.56 Å². The third-order valence-electron chi connectivity index (χ3n) is 4.37. The quantitative estimate of drug-likeness (QED) is 0.550. The van der Waals surface area contributed by atoms with Crippen LogP contribution in [0.2, 0.25) is 0 Å². The van der Waals surface area contributed by atoms with E-state index in [1.54, 1.807) is 32.9 Å². The van der Waals surface area contributed by atoms with Crippen LogP contribution in [0.4, 0.5) is 4.39 Å². The summed E-state index contributed by atoms with van der Waals surface area (Å²) in [5.74, 6) is -1.80. The van der Waals surface area contributed by atoms with Crippen LogP contribution < -0.4 is 0 Å². The van der Waals surface area contributed by atoms with Crippen LogP contribution in [0.15, 0.2) is 24.3 Å². The van der Waals surface area contributed by atoms with Crippen LogP contribution in [0.5, 0.6) is 0 Å². The lowest BCUT2D eigenvalue weighted by Gasteiger charge is -2.12. The Balaban J connectivity index is 2.00. The summed E-state index contributed by atoms with van der Waals surface area (Å²) >= 11 is 0. The molecule has 0 aliphatic carbocycles. The van der Waals surface area contributed by atoms with Gasteiger partial charge in [-0.2, -0.15) is 0 Å². The number of carbonyl (C=O) groups is 3. The van der Waals surface area contributed by atoms with Crippen molar-refractivity contribution >= 4 is 17.7 Å². The third-order valence-corrected chi connectivity index (χ3v) is 4.37. The van der Waals surface area contributed by atoms with E-state index in [9.17, 15) is 18.8 Å². The number of ether oxygens (including phenoxy) is 2. The zero-order chi connectivity index (χ0) is 20.8. The number of halogens is 1. The van der Waals surface area contributed by atoms with Gasteiger partial charge in [-0.3, -0.25) is 9.59 Å². The number of H-pyrrole nitrogens is 1. The number of aromatic amines is 1. The molecule has 0 aliphatic rings. The number of rotatable bonds is 8. The van der Waals surface area contributed by atoms with Crippen molar-refractivity contribution in [2.75, 3.05) is 6.61 Å². The number of aryl methyl sites for hydroxylation is 2. The maximum atomic E-state index is 12.9. The van der Waals surface area contributed by atoms with Gasteiger partial charge in [0.15, 0.2) is 6.10 Å². The molecule has 28 heavy (non-hydrogen) atoms. The average Bonchev–Trinajstić information content (AvgIpc) is 2.95. The fraction of sp³-hybridized carbons (Fsp3) is 0.381. The first-order valence-electron chi connectivity index (χ1n) is 9.09. The lowest BCUT2D eigenvalue weighted by atomic mass is 10.1. The zero-order valence-corrected chi connectivity index (χ0v) is 16.4. The van der Waals surface area contributed by atoms with Crippen molar-refractivity contribution in [2.24, 2.45) is 0 Å². The molecule has 6 nitrogen and oxygen atoms in total. The van der Waals surface area contributed by atoms with E-state index in [1.807, 2.05) is 0 Å². The smallest absolute Gasteiger partial charge is 0.340 e. The van der Waals surface area contributed by atoms with Gasteiger partial charge in [-0.25, -0.2) is 9.18 Å². The first-order chi connectivity index (χ1) is 13.2. The van der Waals surface area contributed by atoms with Crippen molar-refractivity contribution in [3.8, 4) is 0 Å². The highest BCUT2D eigenvalue weighted by atomic mass is 19.1. The van der Waals surface area contributed by atoms with Gasteiger partial charge in [0.05, 0.1) is 17.9 Å². The molecular formula is C21H24FNO5. The normalized spacial score (nSPS) is 11.8. The fourth-order valence-electron chi connectivity index (χ4n) is 2.92. The van der Waals surface area contributed by atoms with Gasteiger partial charge in [-0.05, 0) is 57.4 Å². The molecule has 1 atom stereocenters. The number of esters is 2. The molecule has 0 fully saturated rings. The fourth-order valence-corrected chi connectivity index (χ4v) is 2.92. The summed E-state index contributed by atoms with van der Waals surface area (Å²) in [7, 11) is 0. The number of hydrogen-bond donors (Lipinski definition) is 1. The van der Waals surface area contributed by atoms with Crippen molar-refractivity contribution in [3.63, 3.8) is 0 Å². The minimum Gasteiger partial charge on any atom is -0.462 e. The number of aromatic nitrogens is 1. The minimum absolute atomic E-state index is 0.0695. The lowest BCUT2D eigenvalue weighted by Crippen LogP contribution is -2.25. The molecule has 1 heterocycles. The first kappa shape index (κ1) is 21.3. The number of Topliss-reactive ketones (excluding diaryl/α,β-unsaturated/α-hetero) is 1. The van der Waals surface area contributed by atoms with E-state index in [2.05, 4.69) is 4.98 Å². The second-order valence-corrected chi connectivity index (χ2v) is 6.47. The number of benzene rings is 1. The predicted octanol–water partition coefficient (Wildman–Crippen LogP) is 3.69. The highest BCUT2D eigenvalue weighted by molar-refractivity contribution is 6.03. The van der Waals surface area contributed by atoms with Crippen molar-refractivity contribution in [2.45, 2.75) is 46.6 Å². The van der Waals surface area contributed by atoms with Crippen molar-refractivity contribution in [1.82, 2.24) is 4.98 Å². The van der Waals surface area contributed by atoms with E-state index in [4.69, 9.17) is 9.47 Å². The molecule has 0 aliphatic heterocycles. The Morgan fingerprint density at radius 1 is 1.14 bits per heavy atom. The van der Waals surface area contributed by atoms with Gasteiger partial charge in [0, 0.05) is 12.1 Å². The largest absolute Gasteiger partial charge is 0.462 e. The summed E-state index contributed by atoms with van der Waals surface area (Å²) in [6, 6.07) is 5.84. The highest BCUT2D eigenvalue weighted by Crippen LogP contribution is 2.21. The molecule has 1 aromatic carbocycles. The van der Waals surface area contributed by atoms with Crippen LogP contribution in [-0.2, 0) is 20.7 Å². The van der Waals surface area contributed by atoms with Crippen molar-refractivity contribution in [1.29, 1.82) is 0 Å². The van der Waals surface area contributed by atoms with E-state index < -0.39 is 23.8 Å². The molecule has 0 spiro atoms. The average molecular weight is 389 g/mol. The Morgan fingerprint density at radius 3 is 2.39 bits per heavy atom. The van der Waals surface area contributed by atoms with Crippen LogP contribution in [0.3, 0.4) is 0 Å². The Labute approximate surface area is 163 Å². The standard InChI is InChI=1S/C21H24FNO5/c1-5-27-21(26)18-12(2)19(23-13(18)3)20(25)14(4)28-17(24)11-8-15-6-9-16(22)10-7-15/h6-7,9-10,14,23H,5,8,11H2,1-4H3/t14-/m1/s1. The summed E-state index contributed by atoms with van der Waals surface area (Å²) in [5, 5.41) is 0. The van der Waals surface area contributed by atoms with Crippen LogP contribution in [0, 0.1) is 19.7 Å². The van der Waals surface area contributed by atoms with E-state index >= 15 is 0 Å². The molecule has 1 N–H and O–H groups in total. The molecule has 0 saturated carbocycles. The lowest BCUT2D eigenvalue weighted by molar-refractivity contribution is -0.146. The molecule has 1 aromatic heterocycles. The Bertz CT molecular complexity index is 870. The molecule has 0 saturated heterocycles. The Kier molecular flexibility index (Phi) is 7.09. The number of nitrogens with one attached hydrogen (secondary N) is 1. The van der Waals surface area contributed by atoms with Gasteiger partial charge >= 0.3 is 11.9 Å². The molecular weight excluding hydrogens is 365 g/mol. The summed E-state index contributed by atoms with van der Waals surface area (Å²) in [5.41, 5.74) is 2.33. The Hall–Kier alpha value is -2.96. The van der Waals surface area contributed by atoms with Gasteiger partial charge in [0.25, 0.3) is 0 Å². The molecule has 2 rings (SSSR count). The van der Waals surface area contributed by atoms with Crippen LogP contribution in [0.1, 0.15) is 57.9 Å². The summed E-state index contributed by atoms with van der Waals surface area (Å²) in [6.45, 7) is 6.74. The predicted molar refractivity (Wildman–Crippen MR) is 101 cm³/mol. The number of ketones is 1. The van der Waals surface area contributed by atoms with Crippen LogP contribution in [0.25, 0.3) is 0 Å². The first-order valence-corrected chi connectivity index (χ1v) is 9.09. The molecule has 7 heteroatoms. The Morgan fingerprint density at radius 2 is 1.79 bits per heavy atom. The monoisotopic (exact) mass is 389 g/mol. The van der Waals surface area contributed by atoms with E-state index in [0.29, 0.717) is 23.2 Å². The molecule has 2 aromatic rings. The van der Waals surface area contributed by atoms with Gasteiger partial charge in [0.2, 0.25) is 5.78 Å². The number of hydrogen-bond acceptors (Lipinski definition) is 5. The molecule has 0 radical (unpaired) electrons. The maximum Gasteiger partial charge on any atom is 0.340 e. The van der Waals surface area contributed by atoms with Gasteiger partial charge in [-0.1, -0.05) is 12.1 Å². The highest BCUT2D eigenvalue weighted by Gasteiger charge is 2.27. The third kappa shape index (κ3) is 5.06. The van der Waals surface area contributed by atoms with E-state index in [1.165, 1.54) is 19.1 Å². The molecule has 0 amide bonds. The van der Waals surface area contributed by atoms with Crippen LogP contribution in [-0.4, -0.2) is 35.4 Å². The summed E-state index contributed by atoms with van der Waals surface area (Å²) in [4.78, 5) is 39.6. The van der Waals surface area contributed by atoms with Crippen LogP contribution >= 0.6 is 0 Å². The van der Waals surface area contributed by atoms with Gasteiger partial charge in [-0.15, -0.1) is 0 Å². The van der Waals surface area contributed by atoms with Gasteiger partial charge < -0.3 is 14.5 Å².